The van der Waals surface area contributed by atoms with Gasteiger partial charge in [-0.15, -0.1) is 11.3 Å². The van der Waals surface area contributed by atoms with Crippen molar-refractivity contribution in [3.63, 3.8) is 0 Å². The molecule has 0 aliphatic carbocycles. The summed E-state index contributed by atoms with van der Waals surface area (Å²) in [5, 5.41) is 4.51. The molecule has 1 N–H and O–H groups in total. The number of ether oxygens (including phenoxy) is 1. The van der Waals surface area contributed by atoms with Crippen molar-refractivity contribution in [3.05, 3.63) is 47.4 Å². The van der Waals surface area contributed by atoms with Gasteiger partial charge in [-0.2, -0.15) is 0 Å². The monoisotopic (exact) mass is 350 g/mol. The van der Waals surface area contributed by atoms with Gasteiger partial charge in [0, 0.05) is 11.1 Å². The van der Waals surface area contributed by atoms with Crippen molar-refractivity contribution in [1.82, 2.24) is 15.0 Å². The molecule has 1 aromatic carbocycles. The number of pyridine rings is 1. The van der Waals surface area contributed by atoms with Gasteiger partial charge >= 0.3 is 0 Å². The van der Waals surface area contributed by atoms with Gasteiger partial charge in [-0.3, -0.25) is 0 Å². The third-order valence-electron chi connectivity index (χ3n) is 4.16. The lowest BCUT2D eigenvalue weighted by atomic mass is 10.1. The van der Waals surface area contributed by atoms with Crippen LogP contribution < -0.4 is 10.1 Å². The van der Waals surface area contributed by atoms with Gasteiger partial charge in [-0.05, 0) is 50.1 Å². The van der Waals surface area contributed by atoms with Gasteiger partial charge in [0.1, 0.15) is 16.9 Å². The number of anilines is 2. The molecule has 0 atom stereocenters. The SMILES string of the molecule is COc1ccc(C)cc1Nc1ncnc2c1sc1nc(C)cc(C)c12. The first-order valence-corrected chi connectivity index (χ1v) is 8.81. The topological polar surface area (TPSA) is 59.9 Å². The van der Waals surface area contributed by atoms with Crippen LogP contribution in [-0.4, -0.2) is 22.1 Å². The summed E-state index contributed by atoms with van der Waals surface area (Å²) in [5.74, 6) is 1.55. The molecule has 0 aliphatic rings. The molecule has 25 heavy (non-hydrogen) atoms. The van der Waals surface area contributed by atoms with Crippen molar-refractivity contribution < 1.29 is 4.74 Å². The van der Waals surface area contributed by atoms with Crippen molar-refractivity contribution in [3.8, 4) is 5.75 Å². The van der Waals surface area contributed by atoms with Crippen LogP contribution in [0, 0.1) is 20.8 Å². The molecule has 0 saturated heterocycles. The Balaban J connectivity index is 1.92. The summed E-state index contributed by atoms with van der Waals surface area (Å²) in [5.41, 5.74) is 5.18. The number of methoxy groups -OCH3 is 1. The van der Waals surface area contributed by atoms with Crippen molar-refractivity contribution in [2.45, 2.75) is 20.8 Å². The van der Waals surface area contributed by atoms with Gasteiger partial charge in [0.25, 0.3) is 0 Å². The highest BCUT2D eigenvalue weighted by Gasteiger charge is 2.15. The molecule has 5 nitrogen and oxygen atoms in total. The predicted molar refractivity (Wildman–Crippen MR) is 103 cm³/mol. The van der Waals surface area contributed by atoms with Crippen LogP contribution in [-0.2, 0) is 0 Å². The molecule has 4 rings (SSSR count). The van der Waals surface area contributed by atoms with Crippen molar-refractivity contribution >= 4 is 43.3 Å². The molecule has 0 unspecified atom stereocenters. The fourth-order valence-corrected chi connectivity index (χ4v) is 4.24. The molecule has 0 bridgehead atoms. The van der Waals surface area contributed by atoms with E-state index < -0.39 is 0 Å². The van der Waals surface area contributed by atoms with Gasteiger partial charge in [-0.1, -0.05) is 6.07 Å². The third-order valence-corrected chi connectivity index (χ3v) is 5.24. The maximum atomic E-state index is 5.46. The van der Waals surface area contributed by atoms with Crippen molar-refractivity contribution in [2.24, 2.45) is 0 Å². The molecule has 0 saturated carbocycles. The third kappa shape index (κ3) is 2.68. The van der Waals surface area contributed by atoms with E-state index in [1.807, 2.05) is 25.1 Å². The second kappa shape index (κ2) is 5.97. The molecule has 3 heterocycles. The average Bonchev–Trinajstić information content (AvgIpc) is 2.94. The van der Waals surface area contributed by atoms with Gasteiger partial charge in [0.2, 0.25) is 0 Å². The molecular formula is C19H18N4OS. The minimum atomic E-state index is 0.772. The minimum absolute atomic E-state index is 0.772. The van der Waals surface area contributed by atoms with Crippen LogP contribution in [0.25, 0.3) is 20.4 Å². The molecule has 0 spiro atoms. The Morgan fingerprint density at radius 3 is 2.72 bits per heavy atom. The Bertz CT molecular complexity index is 1100. The van der Waals surface area contributed by atoms with Crippen LogP contribution in [0.3, 0.4) is 0 Å². The zero-order valence-corrected chi connectivity index (χ0v) is 15.4. The van der Waals surface area contributed by atoms with E-state index in [2.05, 4.69) is 40.2 Å². The zero-order chi connectivity index (χ0) is 17.6. The summed E-state index contributed by atoms with van der Waals surface area (Å²) in [7, 11) is 1.67. The molecule has 3 aromatic heterocycles. The first kappa shape index (κ1) is 15.8. The predicted octanol–water partition coefficient (Wildman–Crippen LogP) is 4.92. The number of aromatic nitrogens is 3. The molecule has 0 amide bonds. The van der Waals surface area contributed by atoms with Crippen molar-refractivity contribution in [2.75, 3.05) is 12.4 Å². The summed E-state index contributed by atoms with van der Waals surface area (Å²) in [6, 6.07) is 8.12. The highest BCUT2D eigenvalue weighted by molar-refractivity contribution is 7.26. The Morgan fingerprint density at radius 2 is 1.92 bits per heavy atom. The van der Waals surface area contributed by atoms with Gasteiger partial charge in [-0.25, -0.2) is 15.0 Å². The number of rotatable bonds is 3. The molecule has 4 aromatic rings. The number of thiophene rings is 1. The van der Waals surface area contributed by atoms with E-state index in [0.29, 0.717) is 0 Å². The first-order chi connectivity index (χ1) is 12.1. The fourth-order valence-electron chi connectivity index (χ4n) is 3.05. The van der Waals surface area contributed by atoms with E-state index in [9.17, 15) is 0 Å². The standard InChI is InChI=1S/C19H18N4OS/c1-10-5-6-14(24-4)13(7-10)23-18-17-16(20-9-21-18)15-11(2)8-12(3)22-19(15)25-17/h5-9H,1-4H3,(H,20,21,23). The number of nitrogens with one attached hydrogen (secondary N) is 1. The molecule has 6 heteroatoms. The number of hydrogen-bond acceptors (Lipinski definition) is 6. The smallest absolute Gasteiger partial charge is 0.152 e. The summed E-state index contributed by atoms with van der Waals surface area (Å²) in [4.78, 5) is 14.6. The fraction of sp³-hybridized carbons (Fsp3) is 0.211. The second-order valence-electron chi connectivity index (χ2n) is 6.09. The minimum Gasteiger partial charge on any atom is -0.495 e. The van der Waals surface area contributed by atoms with E-state index in [4.69, 9.17) is 4.74 Å². The summed E-state index contributed by atoms with van der Waals surface area (Å²) < 4.78 is 6.47. The van der Waals surface area contributed by atoms with E-state index in [0.717, 1.165) is 48.9 Å². The van der Waals surface area contributed by atoms with E-state index in [1.165, 1.54) is 5.56 Å². The lowest BCUT2D eigenvalue weighted by molar-refractivity contribution is 0.416. The summed E-state index contributed by atoms with van der Waals surface area (Å²) in [6.07, 6.45) is 1.60. The Hall–Kier alpha value is -2.73. The summed E-state index contributed by atoms with van der Waals surface area (Å²) >= 11 is 1.61. The lowest BCUT2D eigenvalue weighted by Gasteiger charge is -2.11. The first-order valence-electron chi connectivity index (χ1n) is 8.00. The molecule has 0 fully saturated rings. The average molecular weight is 350 g/mol. The molecule has 126 valence electrons. The number of aryl methyl sites for hydroxylation is 3. The molecule has 0 aliphatic heterocycles. The normalized spacial score (nSPS) is 11.2. The lowest BCUT2D eigenvalue weighted by Crippen LogP contribution is -1.98. The Labute approximate surface area is 149 Å². The maximum Gasteiger partial charge on any atom is 0.152 e. The molecular weight excluding hydrogens is 332 g/mol. The second-order valence-corrected chi connectivity index (χ2v) is 7.09. The number of fused-ring (bicyclic) bond motifs is 3. The Kier molecular flexibility index (Phi) is 3.77. The van der Waals surface area contributed by atoms with Crippen LogP contribution in [0.1, 0.15) is 16.8 Å². The largest absolute Gasteiger partial charge is 0.495 e. The summed E-state index contributed by atoms with van der Waals surface area (Å²) in [6.45, 7) is 6.16. The number of hydrogen-bond donors (Lipinski definition) is 1. The van der Waals surface area contributed by atoms with Gasteiger partial charge in [0.05, 0.1) is 23.0 Å². The van der Waals surface area contributed by atoms with Crippen LogP contribution in [0.4, 0.5) is 11.5 Å². The maximum absolute atomic E-state index is 5.46. The van der Waals surface area contributed by atoms with E-state index in [1.54, 1.807) is 24.8 Å². The van der Waals surface area contributed by atoms with E-state index in [-0.39, 0.29) is 0 Å². The zero-order valence-electron chi connectivity index (χ0n) is 14.5. The molecule has 0 radical (unpaired) electrons. The van der Waals surface area contributed by atoms with Crippen LogP contribution in [0.15, 0.2) is 30.6 Å². The van der Waals surface area contributed by atoms with Crippen LogP contribution >= 0.6 is 11.3 Å². The quantitative estimate of drug-likeness (QED) is 0.568. The van der Waals surface area contributed by atoms with Crippen LogP contribution in [0.5, 0.6) is 5.75 Å². The van der Waals surface area contributed by atoms with Crippen molar-refractivity contribution in [1.29, 1.82) is 0 Å². The Morgan fingerprint density at radius 1 is 1.08 bits per heavy atom. The highest BCUT2D eigenvalue weighted by Crippen LogP contribution is 2.38. The number of nitrogens with zero attached hydrogens (tertiary/aromatic N) is 3. The number of benzene rings is 1. The van der Waals surface area contributed by atoms with Crippen LogP contribution in [0.2, 0.25) is 0 Å². The van der Waals surface area contributed by atoms with E-state index >= 15 is 0 Å². The highest BCUT2D eigenvalue weighted by atomic mass is 32.1. The van der Waals surface area contributed by atoms with Gasteiger partial charge < -0.3 is 10.1 Å². The van der Waals surface area contributed by atoms with Gasteiger partial charge in [0.15, 0.2) is 5.82 Å².